The highest BCUT2D eigenvalue weighted by Gasteiger charge is 2.53. The van der Waals surface area contributed by atoms with E-state index < -0.39 is 17.4 Å². The molecular formula is C24H27Cl3N4O4S. The Hall–Kier alpha value is -2.07. The second kappa shape index (κ2) is 12.0. The molecule has 8 nitrogen and oxygen atoms in total. The molecule has 0 saturated heterocycles. The van der Waals surface area contributed by atoms with Gasteiger partial charge >= 0.3 is 11.9 Å². The van der Waals surface area contributed by atoms with Crippen molar-refractivity contribution < 1.29 is 19.1 Å². The largest absolute Gasteiger partial charge is 0.465 e. The summed E-state index contributed by atoms with van der Waals surface area (Å²) in [5.41, 5.74) is -0.919. The number of rotatable bonds is 10. The van der Waals surface area contributed by atoms with E-state index in [4.69, 9.17) is 49.4 Å². The van der Waals surface area contributed by atoms with Crippen molar-refractivity contribution in [3.05, 3.63) is 38.7 Å². The Bertz CT molecular complexity index is 1260. The quantitative estimate of drug-likeness (QED) is 0.157. The fourth-order valence-corrected chi connectivity index (χ4v) is 5.52. The van der Waals surface area contributed by atoms with Gasteiger partial charge in [0.1, 0.15) is 16.5 Å². The third-order valence-electron chi connectivity index (χ3n) is 5.55. The minimum atomic E-state index is -1.81. The van der Waals surface area contributed by atoms with Crippen molar-refractivity contribution >= 4 is 69.5 Å². The highest BCUT2D eigenvalue weighted by molar-refractivity contribution is 7.98. The Morgan fingerprint density at radius 2 is 1.61 bits per heavy atom. The number of hydrogen-bond acceptors (Lipinski definition) is 8. The lowest BCUT2D eigenvalue weighted by Crippen LogP contribution is -2.47. The summed E-state index contributed by atoms with van der Waals surface area (Å²) in [4.78, 5) is 36.4. The summed E-state index contributed by atoms with van der Waals surface area (Å²) in [7, 11) is 0. The van der Waals surface area contributed by atoms with Crippen LogP contribution in [0, 0.1) is 6.92 Å². The van der Waals surface area contributed by atoms with Crippen LogP contribution in [0.25, 0.3) is 16.7 Å². The zero-order valence-electron chi connectivity index (χ0n) is 20.7. The first kappa shape index (κ1) is 28.5. The first-order valence-electron chi connectivity index (χ1n) is 11.5. The van der Waals surface area contributed by atoms with Crippen LogP contribution in [0.15, 0.2) is 17.2 Å². The van der Waals surface area contributed by atoms with E-state index in [0.717, 1.165) is 6.42 Å². The lowest BCUT2D eigenvalue weighted by Gasteiger charge is -2.29. The number of fused-ring (bicyclic) bond motifs is 1. The number of benzene rings is 1. The number of carbonyl (C=O) groups excluding carboxylic acids is 2. The third kappa shape index (κ3) is 5.16. The van der Waals surface area contributed by atoms with Crippen LogP contribution in [-0.4, -0.2) is 51.2 Å². The van der Waals surface area contributed by atoms with Crippen molar-refractivity contribution in [1.29, 1.82) is 0 Å². The van der Waals surface area contributed by atoms with Gasteiger partial charge in [-0.05, 0) is 45.6 Å². The van der Waals surface area contributed by atoms with Crippen molar-refractivity contribution in [3.63, 3.8) is 0 Å². The van der Waals surface area contributed by atoms with Crippen LogP contribution in [0.5, 0.6) is 0 Å². The Morgan fingerprint density at radius 3 is 2.11 bits per heavy atom. The first-order valence-corrected chi connectivity index (χ1v) is 13.8. The molecule has 0 unspecified atom stereocenters. The molecule has 0 spiro atoms. The van der Waals surface area contributed by atoms with Crippen LogP contribution >= 0.6 is 46.6 Å². The monoisotopic (exact) mass is 572 g/mol. The molecule has 0 amide bonds. The van der Waals surface area contributed by atoms with E-state index in [-0.39, 0.29) is 35.4 Å². The maximum Gasteiger partial charge on any atom is 0.329 e. The predicted octanol–water partition coefficient (Wildman–Crippen LogP) is 6.36. The van der Waals surface area contributed by atoms with E-state index in [2.05, 4.69) is 9.97 Å². The molecule has 2 aromatic heterocycles. The molecule has 0 saturated carbocycles. The van der Waals surface area contributed by atoms with Gasteiger partial charge in [-0.1, -0.05) is 54.6 Å². The van der Waals surface area contributed by atoms with Gasteiger partial charge in [-0.25, -0.2) is 14.6 Å². The number of carbonyl (C=O) groups is 2. The van der Waals surface area contributed by atoms with Crippen LogP contribution in [0.1, 0.15) is 51.6 Å². The highest BCUT2D eigenvalue weighted by Crippen LogP contribution is 2.42. The topological polar surface area (TPSA) is 96.2 Å². The average Bonchev–Trinajstić information content (AvgIpc) is 3.17. The lowest BCUT2D eigenvalue weighted by molar-refractivity contribution is -0.165. The van der Waals surface area contributed by atoms with Gasteiger partial charge < -0.3 is 9.47 Å². The molecular weight excluding hydrogens is 547 g/mol. The Labute approximate surface area is 229 Å². The van der Waals surface area contributed by atoms with E-state index in [1.54, 1.807) is 32.9 Å². The molecule has 0 N–H and O–H groups in total. The molecule has 12 heteroatoms. The van der Waals surface area contributed by atoms with Crippen LogP contribution < -0.4 is 0 Å². The van der Waals surface area contributed by atoms with E-state index in [0.29, 0.717) is 39.0 Å². The van der Waals surface area contributed by atoms with Crippen LogP contribution in [0.2, 0.25) is 15.1 Å². The number of esters is 2. The number of unbranched alkanes of at least 4 members (excludes halogenated alkanes) is 1. The van der Waals surface area contributed by atoms with Gasteiger partial charge in [0.05, 0.1) is 34.3 Å². The second-order valence-electron chi connectivity index (χ2n) is 7.91. The Morgan fingerprint density at radius 1 is 1.03 bits per heavy atom. The van der Waals surface area contributed by atoms with Crippen LogP contribution in [-0.2, 0) is 24.5 Å². The van der Waals surface area contributed by atoms with E-state index in [9.17, 15) is 9.59 Å². The van der Waals surface area contributed by atoms with Crippen molar-refractivity contribution in [2.24, 2.45) is 0 Å². The number of aryl methyl sites for hydroxylation is 1. The van der Waals surface area contributed by atoms with E-state index in [1.165, 1.54) is 16.4 Å². The molecule has 0 fully saturated rings. The number of aromatic nitrogens is 4. The van der Waals surface area contributed by atoms with Crippen molar-refractivity contribution in [1.82, 2.24) is 19.7 Å². The molecule has 0 bridgehead atoms. The minimum absolute atomic E-state index is 0.0873. The third-order valence-corrected chi connectivity index (χ3v) is 7.02. The SMILES string of the molecule is CCCCC(C(=O)OCC)(C(=O)OCC)c1nc(C)nc2c1c(SC)nn2-c1c(Cl)cc(Cl)cc1Cl. The molecule has 0 radical (unpaired) electrons. The standard InChI is InChI=1S/C24H27Cl3N4O4S/c1-6-9-10-24(22(32)34-7-2,23(33)35-8-3)19-17-20(29-13(4)28-19)31(30-21(17)36-5)18-15(26)11-14(25)12-16(18)27/h11-12H,6-10H2,1-5H3. The second-order valence-corrected chi connectivity index (χ2v) is 9.95. The van der Waals surface area contributed by atoms with Crippen molar-refractivity contribution in [3.8, 4) is 5.69 Å². The zero-order valence-corrected chi connectivity index (χ0v) is 23.7. The number of halogens is 3. The Balaban J connectivity index is 2.49. The summed E-state index contributed by atoms with van der Waals surface area (Å²) < 4.78 is 12.4. The molecule has 0 atom stereocenters. The molecule has 3 rings (SSSR count). The average molecular weight is 574 g/mol. The zero-order chi connectivity index (χ0) is 26.6. The van der Waals surface area contributed by atoms with Gasteiger partial charge in [0.15, 0.2) is 5.65 Å². The predicted molar refractivity (Wildman–Crippen MR) is 143 cm³/mol. The number of hydrogen-bond donors (Lipinski definition) is 0. The summed E-state index contributed by atoms with van der Waals surface area (Å²) in [6, 6.07) is 3.10. The molecule has 194 valence electrons. The number of nitrogens with zero attached hydrogens (tertiary/aromatic N) is 4. The van der Waals surface area contributed by atoms with Gasteiger partial charge in [-0.2, -0.15) is 5.10 Å². The normalized spacial score (nSPS) is 11.7. The maximum absolute atomic E-state index is 13.6. The number of ether oxygens (including phenoxy) is 2. The molecule has 3 aromatic rings. The van der Waals surface area contributed by atoms with Crippen LogP contribution in [0.3, 0.4) is 0 Å². The summed E-state index contributed by atoms with van der Waals surface area (Å²) in [6.07, 6.45) is 3.26. The van der Waals surface area contributed by atoms with E-state index >= 15 is 0 Å². The van der Waals surface area contributed by atoms with Gasteiger partial charge in [-0.15, -0.1) is 11.8 Å². The summed E-state index contributed by atoms with van der Waals surface area (Å²) in [6.45, 7) is 7.19. The van der Waals surface area contributed by atoms with Gasteiger partial charge in [0.25, 0.3) is 0 Å². The molecule has 0 aliphatic carbocycles. The summed E-state index contributed by atoms with van der Waals surface area (Å²) in [5, 5.41) is 6.49. The lowest BCUT2D eigenvalue weighted by atomic mass is 9.78. The smallest absolute Gasteiger partial charge is 0.329 e. The van der Waals surface area contributed by atoms with E-state index in [1.807, 2.05) is 13.2 Å². The maximum atomic E-state index is 13.6. The molecule has 2 heterocycles. The fraction of sp³-hybridized carbons (Fsp3) is 0.458. The molecule has 36 heavy (non-hydrogen) atoms. The number of thioether (sulfide) groups is 1. The van der Waals surface area contributed by atoms with Gasteiger partial charge in [-0.3, -0.25) is 9.59 Å². The van der Waals surface area contributed by atoms with Gasteiger partial charge in [0, 0.05) is 5.02 Å². The van der Waals surface area contributed by atoms with Crippen molar-refractivity contribution in [2.45, 2.75) is 57.4 Å². The molecule has 1 aromatic carbocycles. The fourth-order valence-electron chi connectivity index (χ4n) is 3.99. The van der Waals surface area contributed by atoms with Crippen molar-refractivity contribution in [2.75, 3.05) is 19.5 Å². The minimum Gasteiger partial charge on any atom is -0.465 e. The summed E-state index contributed by atoms with van der Waals surface area (Å²) in [5.74, 6) is -1.13. The highest BCUT2D eigenvalue weighted by atomic mass is 35.5. The molecule has 0 aliphatic rings. The molecule has 0 aliphatic heterocycles. The Kier molecular flexibility index (Phi) is 9.49. The summed E-state index contributed by atoms with van der Waals surface area (Å²) >= 11 is 20.5. The van der Waals surface area contributed by atoms with Crippen LogP contribution in [0.4, 0.5) is 0 Å². The van der Waals surface area contributed by atoms with Gasteiger partial charge in [0.2, 0.25) is 5.41 Å². The first-order chi connectivity index (χ1) is 17.2.